The Bertz CT molecular complexity index is 647. The number of rotatable bonds is 3. The van der Waals surface area contributed by atoms with Gasteiger partial charge in [-0.05, 0) is 31.4 Å². The highest BCUT2D eigenvalue weighted by molar-refractivity contribution is 5.93. The molecule has 6 nitrogen and oxygen atoms in total. The number of aliphatic carboxylic acids is 1. The normalized spacial score (nSPS) is 18.9. The first kappa shape index (κ1) is 13.6. The van der Waals surface area contributed by atoms with E-state index in [1.54, 1.807) is 15.5 Å². The highest BCUT2D eigenvalue weighted by Gasteiger charge is 2.30. The van der Waals surface area contributed by atoms with Crippen molar-refractivity contribution < 1.29 is 14.7 Å². The third-order valence-corrected chi connectivity index (χ3v) is 3.88. The van der Waals surface area contributed by atoms with Gasteiger partial charge in [-0.25, -0.2) is 4.98 Å². The highest BCUT2D eigenvalue weighted by Crippen LogP contribution is 2.22. The summed E-state index contributed by atoms with van der Waals surface area (Å²) < 4.78 is 1.80. The fraction of sp³-hybridized carbons (Fsp3) is 0.400. The number of carbonyl (C=O) groups is 2. The van der Waals surface area contributed by atoms with Crippen molar-refractivity contribution in [1.82, 2.24) is 14.3 Å². The van der Waals surface area contributed by atoms with Crippen LogP contribution in [0.5, 0.6) is 0 Å². The Hall–Kier alpha value is -2.37. The minimum atomic E-state index is -0.866. The SMILES string of the molecule is O=C(O)CC1CCCCN1C(=O)c1cn2ccccc2n1. The number of carboxylic acid groups (broad SMARTS) is 1. The number of hydrogen-bond donors (Lipinski definition) is 1. The second-order valence-corrected chi connectivity index (χ2v) is 5.34. The van der Waals surface area contributed by atoms with Gasteiger partial charge in [-0.3, -0.25) is 9.59 Å². The molecule has 2 aromatic heterocycles. The first-order chi connectivity index (χ1) is 10.1. The van der Waals surface area contributed by atoms with Crippen LogP contribution in [0.4, 0.5) is 0 Å². The zero-order valence-electron chi connectivity index (χ0n) is 11.6. The van der Waals surface area contributed by atoms with Crippen LogP contribution in [-0.2, 0) is 4.79 Å². The molecule has 0 spiro atoms. The van der Waals surface area contributed by atoms with Crippen molar-refractivity contribution in [3.05, 3.63) is 36.3 Å². The first-order valence-electron chi connectivity index (χ1n) is 7.11. The third-order valence-electron chi connectivity index (χ3n) is 3.88. The number of likely N-dealkylation sites (tertiary alicyclic amines) is 1. The van der Waals surface area contributed by atoms with Gasteiger partial charge in [-0.1, -0.05) is 6.07 Å². The van der Waals surface area contributed by atoms with Crippen molar-refractivity contribution in [1.29, 1.82) is 0 Å². The largest absolute Gasteiger partial charge is 0.481 e. The fourth-order valence-electron chi connectivity index (χ4n) is 2.87. The lowest BCUT2D eigenvalue weighted by Crippen LogP contribution is -2.44. The molecule has 6 heteroatoms. The number of imidazole rings is 1. The monoisotopic (exact) mass is 287 g/mol. The molecule has 1 N–H and O–H groups in total. The molecule has 0 aliphatic carbocycles. The number of pyridine rings is 1. The second kappa shape index (κ2) is 5.55. The molecule has 0 bridgehead atoms. The van der Waals surface area contributed by atoms with Gasteiger partial charge in [0.25, 0.3) is 5.91 Å². The van der Waals surface area contributed by atoms with E-state index < -0.39 is 5.97 Å². The molecule has 3 heterocycles. The molecule has 0 aromatic carbocycles. The highest BCUT2D eigenvalue weighted by atomic mass is 16.4. The topological polar surface area (TPSA) is 74.9 Å². The lowest BCUT2D eigenvalue weighted by Gasteiger charge is -2.34. The van der Waals surface area contributed by atoms with Crippen molar-refractivity contribution in [3.8, 4) is 0 Å². The van der Waals surface area contributed by atoms with E-state index in [1.165, 1.54) is 0 Å². The zero-order valence-corrected chi connectivity index (χ0v) is 11.6. The van der Waals surface area contributed by atoms with E-state index >= 15 is 0 Å². The van der Waals surface area contributed by atoms with Crippen molar-refractivity contribution in [2.24, 2.45) is 0 Å². The van der Waals surface area contributed by atoms with Crippen LogP contribution in [-0.4, -0.2) is 43.9 Å². The molecule has 110 valence electrons. The summed E-state index contributed by atoms with van der Waals surface area (Å²) in [6.45, 7) is 0.602. The third kappa shape index (κ3) is 2.74. The molecule has 1 aliphatic rings. The van der Waals surface area contributed by atoms with Gasteiger partial charge >= 0.3 is 5.97 Å². The van der Waals surface area contributed by atoms with E-state index in [-0.39, 0.29) is 18.4 Å². The Morgan fingerprint density at radius 3 is 2.95 bits per heavy atom. The molecular formula is C15H17N3O3. The van der Waals surface area contributed by atoms with Crippen LogP contribution in [0, 0.1) is 0 Å². The summed E-state index contributed by atoms with van der Waals surface area (Å²) in [6, 6.07) is 5.34. The summed E-state index contributed by atoms with van der Waals surface area (Å²) >= 11 is 0. The summed E-state index contributed by atoms with van der Waals surface area (Å²) in [7, 11) is 0. The molecule has 0 saturated carbocycles. The Kier molecular flexibility index (Phi) is 3.60. The van der Waals surface area contributed by atoms with E-state index in [9.17, 15) is 9.59 Å². The smallest absolute Gasteiger partial charge is 0.305 e. The molecule has 1 saturated heterocycles. The molecule has 1 fully saturated rings. The Labute approximate surface area is 122 Å². The number of nitrogens with zero attached hydrogens (tertiary/aromatic N) is 3. The maximum atomic E-state index is 12.6. The lowest BCUT2D eigenvalue weighted by atomic mass is 9.99. The second-order valence-electron chi connectivity index (χ2n) is 5.34. The maximum absolute atomic E-state index is 12.6. The van der Waals surface area contributed by atoms with Crippen molar-refractivity contribution in [2.45, 2.75) is 31.7 Å². The van der Waals surface area contributed by atoms with Crippen LogP contribution in [0.15, 0.2) is 30.6 Å². The zero-order chi connectivity index (χ0) is 14.8. The van der Waals surface area contributed by atoms with Gasteiger partial charge in [0.2, 0.25) is 0 Å². The minimum absolute atomic E-state index is 0.000882. The minimum Gasteiger partial charge on any atom is -0.481 e. The molecule has 1 amide bonds. The van der Waals surface area contributed by atoms with Gasteiger partial charge in [-0.2, -0.15) is 0 Å². The van der Waals surface area contributed by atoms with Gasteiger partial charge in [0.1, 0.15) is 11.3 Å². The van der Waals surface area contributed by atoms with Gasteiger partial charge in [0.15, 0.2) is 0 Å². The molecule has 21 heavy (non-hydrogen) atoms. The number of amides is 1. The number of hydrogen-bond acceptors (Lipinski definition) is 3. The molecule has 3 rings (SSSR count). The van der Waals surface area contributed by atoms with Gasteiger partial charge in [0.05, 0.1) is 6.42 Å². The predicted molar refractivity (Wildman–Crippen MR) is 76.1 cm³/mol. The van der Waals surface area contributed by atoms with E-state index in [0.717, 1.165) is 19.3 Å². The number of carbonyl (C=O) groups excluding carboxylic acids is 1. The van der Waals surface area contributed by atoms with E-state index in [4.69, 9.17) is 5.11 Å². The summed E-state index contributed by atoms with van der Waals surface area (Å²) in [6.07, 6.45) is 6.15. The van der Waals surface area contributed by atoms with Crippen LogP contribution in [0.1, 0.15) is 36.2 Å². The fourth-order valence-corrected chi connectivity index (χ4v) is 2.87. The first-order valence-corrected chi connectivity index (χ1v) is 7.11. The maximum Gasteiger partial charge on any atom is 0.305 e. The van der Waals surface area contributed by atoms with E-state index in [2.05, 4.69) is 4.98 Å². The quantitative estimate of drug-likeness (QED) is 0.934. The van der Waals surface area contributed by atoms with Crippen molar-refractivity contribution in [3.63, 3.8) is 0 Å². The van der Waals surface area contributed by atoms with Gasteiger partial charge in [0, 0.05) is 25.0 Å². The summed E-state index contributed by atoms with van der Waals surface area (Å²) in [5.74, 6) is -1.04. The lowest BCUT2D eigenvalue weighted by molar-refractivity contribution is -0.138. The summed E-state index contributed by atoms with van der Waals surface area (Å²) in [5, 5.41) is 8.99. The van der Waals surface area contributed by atoms with E-state index in [1.807, 2.05) is 24.4 Å². The molecule has 1 unspecified atom stereocenters. The number of fused-ring (bicyclic) bond motifs is 1. The van der Waals surface area contributed by atoms with Crippen molar-refractivity contribution >= 4 is 17.5 Å². The molecule has 2 aromatic rings. The Morgan fingerprint density at radius 1 is 1.33 bits per heavy atom. The summed E-state index contributed by atoms with van der Waals surface area (Å²) in [4.78, 5) is 29.6. The molecule has 1 atom stereocenters. The standard InChI is InChI=1S/C15H17N3O3/c19-14(20)9-11-5-1-4-8-18(11)15(21)12-10-17-7-3-2-6-13(17)16-12/h2-3,6-7,10-11H,1,4-5,8-9H2,(H,19,20). The van der Waals surface area contributed by atoms with Crippen LogP contribution in [0.3, 0.4) is 0 Å². The van der Waals surface area contributed by atoms with Gasteiger partial charge < -0.3 is 14.4 Å². The number of carboxylic acids is 1. The summed E-state index contributed by atoms with van der Waals surface area (Å²) in [5.41, 5.74) is 1.09. The molecule has 1 aliphatic heterocycles. The van der Waals surface area contributed by atoms with Crippen LogP contribution >= 0.6 is 0 Å². The van der Waals surface area contributed by atoms with Crippen molar-refractivity contribution in [2.75, 3.05) is 6.54 Å². The Balaban J connectivity index is 1.86. The average molecular weight is 287 g/mol. The Morgan fingerprint density at radius 2 is 2.19 bits per heavy atom. The number of piperidine rings is 1. The van der Waals surface area contributed by atoms with Gasteiger partial charge in [-0.15, -0.1) is 0 Å². The van der Waals surface area contributed by atoms with Crippen LogP contribution in [0.25, 0.3) is 5.65 Å². The van der Waals surface area contributed by atoms with Crippen LogP contribution in [0.2, 0.25) is 0 Å². The number of aromatic nitrogens is 2. The molecule has 0 radical (unpaired) electrons. The molecular weight excluding hydrogens is 270 g/mol. The van der Waals surface area contributed by atoms with Crippen LogP contribution < -0.4 is 0 Å². The predicted octanol–water partition coefficient (Wildman–Crippen LogP) is 1.80. The van der Waals surface area contributed by atoms with E-state index in [0.29, 0.717) is 17.9 Å². The average Bonchev–Trinajstić information content (AvgIpc) is 2.90.